The van der Waals surface area contributed by atoms with Crippen LogP contribution in [0.1, 0.15) is 37.5 Å². The smallest absolute Gasteiger partial charge is 0.250 e. The molecule has 2 fully saturated rings. The summed E-state index contributed by atoms with van der Waals surface area (Å²) in [5, 5.41) is 8.92. The van der Waals surface area contributed by atoms with Gasteiger partial charge in [-0.2, -0.15) is 0 Å². The molecule has 6 heteroatoms. The van der Waals surface area contributed by atoms with Gasteiger partial charge in [-0.05, 0) is 56.1 Å². The van der Waals surface area contributed by atoms with Crippen LogP contribution in [-0.4, -0.2) is 26.2 Å². The van der Waals surface area contributed by atoms with Gasteiger partial charge in [0.15, 0.2) is 0 Å². The van der Waals surface area contributed by atoms with E-state index < -0.39 is 10.0 Å². The Balaban J connectivity index is 1.67. The summed E-state index contributed by atoms with van der Waals surface area (Å²) in [6.45, 7) is 2.06. The maximum atomic E-state index is 12.5. The summed E-state index contributed by atoms with van der Waals surface area (Å²) in [4.78, 5) is 0.908. The Bertz CT molecular complexity index is 596. The van der Waals surface area contributed by atoms with Gasteiger partial charge in [0.05, 0.1) is 0 Å². The Hall–Kier alpha value is -0.430. The summed E-state index contributed by atoms with van der Waals surface area (Å²) in [6, 6.07) is 3.44. The first-order valence-electron chi connectivity index (χ1n) is 7.71. The normalized spacial score (nSPS) is 29.9. The molecule has 4 atom stereocenters. The highest BCUT2D eigenvalue weighted by molar-refractivity contribution is 7.91. The second-order valence-corrected chi connectivity index (χ2v) is 9.55. The highest BCUT2D eigenvalue weighted by Crippen LogP contribution is 2.49. The quantitative estimate of drug-likeness (QED) is 0.842. The predicted octanol–water partition coefficient (Wildman–Crippen LogP) is 2.39. The molecule has 2 aliphatic carbocycles. The van der Waals surface area contributed by atoms with Crippen molar-refractivity contribution in [3.05, 3.63) is 17.0 Å². The van der Waals surface area contributed by atoms with Crippen molar-refractivity contribution in [1.29, 1.82) is 0 Å². The molecule has 0 aromatic carbocycles. The third-order valence-electron chi connectivity index (χ3n) is 5.04. The SMILES string of the molecule is CC(NS(=O)(=O)c1ccc(CCO)s1)C1CC2CCC1C2. The van der Waals surface area contributed by atoms with Crippen molar-refractivity contribution >= 4 is 21.4 Å². The number of thiophene rings is 1. The molecule has 2 saturated carbocycles. The average molecular weight is 329 g/mol. The van der Waals surface area contributed by atoms with Gasteiger partial charge in [0.25, 0.3) is 0 Å². The Kier molecular flexibility index (Phi) is 4.41. The zero-order chi connectivity index (χ0) is 15.0. The lowest BCUT2D eigenvalue weighted by Gasteiger charge is -2.28. The van der Waals surface area contributed by atoms with Crippen LogP contribution in [0.3, 0.4) is 0 Å². The molecule has 1 heterocycles. The van der Waals surface area contributed by atoms with Crippen molar-refractivity contribution in [3.8, 4) is 0 Å². The molecule has 1 aromatic rings. The third-order valence-corrected chi connectivity index (χ3v) is 8.23. The first kappa shape index (κ1) is 15.5. The minimum atomic E-state index is -3.42. The summed E-state index contributed by atoms with van der Waals surface area (Å²) in [6.07, 6.45) is 5.57. The number of fused-ring (bicyclic) bond motifs is 2. The second-order valence-electron chi connectivity index (χ2n) is 6.44. The largest absolute Gasteiger partial charge is 0.396 e. The van der Waals surface area contributed by atoms with Gasteiger partial charge >= 0.3 is 0 Å². The fourth-order valence-electron chi connectivity index (χ4n) is 4.04. The molecule has 21 heavy (non-hydrogen) atoms. The number of hydrogen-bond acceptors (Lipinski definition) is 4. The molecule has 1 aromatic heterocycles. The fraction of sp³-hybridized carbons (Fsp3) is 0.733. The number of sulfonamides is 1. The number of aliphatic hydroxyl groups is 1. The molecule has 4 unspecified atom stereocenters. The van der Waals surface area contributed by atoms with E-state index >= 15 is 0 Å². The second kappa shape index (κ2) is 5.99. The minimum absolute atomic E-state index is 0.00805. The Labute approximate surface area is 130 Å². The molecular formula is C15H23NO3S2. The standard InChI is InChI=1S/C15H23NO3S2/c1-10(14-9-11-2-3-12(14)8-11)16-21(18,19)15-5-4-13(20-15)6-7-17/h4-5,10-12,14,16-17H,2-3,6-9H2,1H3. The average Bonchev–Trinajstić information content (AvgIpc) is 3.14. The molecular weight excluding hydrogens is 306 g/mol. The monoisotopic (exact) mass is 329 g/mol. The molecule has 0 aliphatic heterocycles. The molecule has 0 spiro atoms. The molecule has 0 saturated heterocycles. The van der Waals surface area contributed by atoms with Gasteiger partial charge in [0, 0.05) is 23.9 Å². The third kappa shape index (κ3) is 3.18. The van der Waals surface area contributed by atoms with Gasteiger partial charge in [0.2, 0.25) is 10.0 Å². The van der Waals surface area contributed by atoms with Crippen LogP contribution in [0.2, 0.25) is 0 Å². The van der Waals surface area contributed by atoms with E-state index in [4.69, 9.17) is 5.11 Å². The first-order chi connectivity index (χ1) is 9.99. The number of nitrogens with one attached hydrogen (secondary N) is 1. The van der Waals surface area contributed by atoms with Gasteiger partial charge in [0.1, 0.15) is 4.21 Å². The fourth-order valence-corrected chi connectivity index (χ4v) is 6.70. The highest BCUT2D eigenvalue weighted by atomic mass is 32.2. The van der Waals surface area contributed by atoms with Crippen molar-refractivity contribution in [2.75, 3.05) is 6.61 Å². The van der Waals surface area contributed by atoms with E-state index in [2.05, 4.69) is 4.72 Å². The summed E-state index contributed by atoms with van der Waals surface area (Å²) in [5.41, 5.74) is 0. The van der Waals surface area contributed by atoms with Gasteiger partial charge in [-0.3, -0.25) is 0 Å². The molecule has 0 amide bonds. The van der Waals surface area contributed by atoms with Gasteiger partial charge in [-0.1, -0.05) is 6.42 Å². The maximum absolute atomic E-state index is 12.5. The van der Waals surface area contributed by atoms with E-state index in [1.54, 1.807) is 12.1 Å². The van der Waals surface area contributed by atoms with Crippen LogP contribution >= 0.6 is 11.3 Å². The van der Waals surface area contributed by atoms with E-state index in [-0.39, 0.29) is 12.6 Å². The van der Waals surface area contributed by atoms with E-state index in [1.807, 2.05) is 6.92 Å². The molecule has 2 N–H and O–H groups in total. The van der Waals surface area contributed by atoms with Gasteiger partial charge in [-0.15, -0.1) is 11.3 Å². The van der Waals surface area contributed by atoms with Crippen LogP contribution in [0.25, 0.3) is 0 Å². The van der Waals surface area contributed by atoms with E-state index in [0.29, 0.717) is 22.5 Å². The summed E-state index contributed by atoms with van der Waals surface area (Å²) in [7, 11) is -3.42. The zero-order valence-electron chi connectivity index (χ0n) is 12.3. The van der Waals surface area contributed by atoms with Crippen molar-refractivity contribution in [1.82, 2.24) is 4.72 Å². The van der Waals surface area contributed by atoms with E-state index in [1.165, 1.54) is 37.0 Å². The van der Waals surface area contributed by atoms with Crippen molar-refractivity contribution < 1.29 is 13.5 Å². The van der Waals surface area contributed by atoms with Crippen LogP contribution in [-0.2, 0) is 16.4 Å². The topological polar surface area (TPSA) is 66.4 Å². The lowest BCUT2D eigenvalue weighted by atomic mass is 9.84. The number of aliphatic hydroxyl groups excluding tert-OH is 1. The van der Waals surface area contributed by atoms with E-state index in [9.17, 15) is 8.42 Å². The Morgan fingerprint density at radius 3 is 2.81 bits per heavy atom. The Morgan fingerprint density at radius 1 is 1.38 bits per heavy atom. The molecule has 4 nitrogen and oxygen atoms in total. The number of hydrogen-bond donors (Lipinski definition) is 2. The van der Waals surface area contributed by atoms with Gasteiger partial charge < -0.3 is 5.11 Å². The van der Waals surface area contributed by atoms with Crippen molar-refractivity contribution in [2.45, 2.75) is 49.3 Å². The van der Waals surface area contributed by atoms with Gasteiger partial charge in [-0.25, -0.2) is 13.1 Å². The molecule has 2 bridgehead atoms. The maximum Gasteiger partial charge on any atom is 0.250 e. The molecule has 2 aliphatic rings. The summed E-state index contributed by atoms with van der Waals surface area (Å²) >= 11 is 1.25. The lowest BCUT2D eigenvalue weighted by molar-refractivity contribution is 0.280. The van der Waals surface area contributed by atoms with Crippen LogP contribution in [0.15, 0.2) is 16.3 Å². The van der Waals surface area contributed by atoms with Crippen LogP contribution < -0.4 is 4.72 Å². The molecule has 118 valence electrons. The predicted molar refractivity (Wildman–Crippen MR) is 83.8 cm³/mol. The van der Waals surface area contributed by atoms with E-state index in [0.717, 1.165) is 10.8 Å². The molecule has 3 rings (SSSR count). The summed E-state index contributed by atoms with van der Waals surface area (Å²) < 4.78 is 28.2. The number of rotatable bonds is 6. The van der Waals surface area contributed by atoms with Crippen LogP contribution in [0.4, 0.5) is 0 Å². The van der Waals surface area contributed by atoms with Crippen LogP contribution in [0, 0.1) is 17.8 Å². The minimum Gasteiger partial charge on any atom is -0.396 e. The zero-order valence-corrected chi connectivity index (χ0v) is 13.9. The lowest BCUT2D eigenvalue weighted by Crippen LogP contribution is -2.39. The van der Waals surface area contributed by atoms with Crippen molar-refractivity contribution in [2.24, 2.45) is 17.8 Å². The highest BCUT2D eigenvalue weighted by Gasteiger charge is 2.42. The molecule has 0 radical (unpaired) electrons. The van der Waals surface area contributed by atoms with Crippen LogP contribution in [0.5, 0.6) is 0 Å². The van der Waals surface area contributed by atoms with Crippen molar-refractivity contribution in [3.63, 3.8) is 0 Å². The Morgan fingerprint density at radius 2 is 2.19 bits per heavy atom. The first-order valence-corrected chi connectivity index (χ1v) is 10.0. The summed E-state index contributed by atoms with van der Waals surface area (Å²) in [5.74, 6) is 2.03.